The Morgan fingerprint density at radius 3 is 1.73 bits per heavy atom. The molecule has 1 aromatic heterocycles. The van der Waals surface area contributed by atoms with Gasteiger partial charge in [0.2, 0.25) is 11.8 Å². The molecule has 8 heteroatoms. The average molecular weight is 683 g/mol. The highest BCUT2D eigenvalue weighted by Gasteiger charge is 2.21. The predicted molar refractivity (Wildman–Crippen MR) is 175 cm³/mol. The molecule has 1 aromatic rings. The monoisotopic (exact) mass is 681 g/mol. The van der Waals surface area contributed by atoms with Gasteiger partial charge in [0.25, 0.3) is 0 Å². The number of nitrogens with one attached hydrogen (secondary N) is 2. The molecule has 0 saturated heterocycles. The molecule has 0 aromatic carbocycles. The van der Waals surface area contributed by atoms with Crippen molar-refractivity contribution < 1.29 is 40.7 Å². The molecule has 0 saturated carbocycles. The van der Waals surface area contributed by atoms with Crippen LogP contribution in [0.15, 0.2) is 30.6 Å². The van der Waals surface area contributed by atoms with Gasteiger partial charge in [-0.25, -0.2) is 9.36 Å². The molecule has 0 fully saturated rings. The fourth-order valence-corrected chi connectivity index (χ4v) is 5.37. The molecule has 0 radical (unpaired) electrons. The van der Waals surface area contributed by atoms with Crippen LogP contribution in [0.3, 0.4) is 0 Å². The molecule has 2 amide bonds. The maximum atomic E-state index is 12.5. The number of hydrogen-bond acceptors (Lipinski definition) is 4. The maximum Gasteiger partial charge on any atom is 0.328 e. The molecule has 0 spiro atoms. The maximum absolute atomic E-state index is 12.5. The van der Waals surface area contributed by atoms with Crippen LogP contribution >= 0.6 is 0 Å². The van der Waals surface area contributed by atoms with Crippen LogP contribution in [-0.2, 0) is 25.7 Å². The standard InChI is InChI=1S/C36H63N3O4.BrH/c1-3-5-6-7-8-9-12-15-19-27-34(40)37-29-22-21-26-33(36(42)43-4-2)38-35(41)28-20-16-13-10-11-14-17-23-30-39-31-24-18-25-32-39;/h18,24-25,31-33H,3-17,19-23,26-30H2,1-2H3,(H-,37,38,40,41);1H/t33-;/m0./s1. The molecular formula is C36H64BrN3O4. The third-order valence-electron chi connectivity index (χ3n) is 8.00. The number of aryl methyl sites for hydroxylation is 1. The molecule has 44 heavy (non-hydrogen) atoms. The molecule has 1 atom stereocenters. The zero-order valence-electron chi connectivity index (χ0n) is 28.1. The quantitative estimate of drug-likeness (QED) is 0.0726. The molecule has 254 valence electrons. The Balaban J connectivity index is 0.0000185. The smallest absolute Gasteiger partial charge is 0.328 e. The van der Waals surface area contributed by atoms with Crippen molar-refractivity contribution in [1.82, 2.24) is 10.6 Å². The molecular weight excluding hydrogens is 618 g/mol. The van der Waals surface area contributed by atoms with Gasteiger partial charge < -0.3 is 32.4 Å². The molecule has 0 aliphatic rings. The van der Waals surface area contributed by atoms with Gasteiger partial charge in [-0.2, -0.15) is 0 Å². The Hall–Kier alpha value is -1.96. The number of pyridine rings is 1. The first kappa shape index (κ1) is 42.0. The lowest BCUT2D eigenvalue weighted by Crippen LogP contribution is -3.00. The molecule has 0 aliphatic heterocycles. The van der Waals surface area contributed by atoms with Crippen LogP contribution in [0.5, 0.6) is 0 Å². The number of carbonyl (C=O) groups excluding carboxylic acids is 3. The lowest BCUT2D eigenvalue weighted by atomic mass is 10.1. The number of unbranched alkanes of at least 4 members (excludes halogenated alkanes) is 16. The topological polar surface area (TPSA) is 88.4 Å². The van der Waals surface area contributed by atoms with Gasteiger partial charge in [0.1, 0.15) is 12.6 Å². The first-order valence-corrected chi connectivity index (χ1v) is 17.7. The summed E-state index contributed by atoms with van der Waals surface area (Å²) < 4.78 is 7.43. The van der Waals surface area contributed by atoms with Crippen LogP contribution in [0.1, 0.15) is 155 Å². The zero-order chi connectivity index (χ0) is 31.2. The molecule has 1 heterocycles. The van der Waals surface area contributed by atoms with Crippen molar-refractivity contribution in [2.24, 2.45) is 0 Å². The highest BCUT2D eigenvalue weighted by atomic mass is 79.9. The van der Waals surface area contributed by atoms with E-state index in [0.29, 0.717) is 32.4 Å². The van der Waals surface area contributed by atoms with Crippen molar-refractivity contribution in [2.75, 3.05) is 13.2 Å². The van der Waals surface area contributed by atoms with E-state index in [9.17, 15) is 14.4 Å². The number of carbonyl (C=O) groups is 3. The average Bonchev–Trinajstić information content (AvgIpc) is 3.01. The van der Waals surface area contributed by atoms with Crippen molar-refractivity contribution in [3.05, 3.63) is 30.6 Å². The van der Waals surface area contributed by atoms with E-state index in [1.165, 1.54) is 77.0 Å². The number of ether oxygens (including phenoxy) is 1. The van der Waals surface area contributed by atoms with Gasteiger partial charge in [-0.1, -0.05) is 96.5 Å². The minimum Gasteiger partial charge on any atom is -1.00 e. The molecule has 7 nitrogen and oxygen atoms in total. The number of nitrogens with zero attached hydrogens (tertiary/aromatic N) is 1. The lowest BCUT2D eigenvalue weighted by molar-refractivity contribution is -0.697. The van der Waals surface area contributed by atoms with E-state index >= 15 is 0 Å². The number of hydrogen-bond donors (Lipinski definition) is 2. The zero-order valence-corrected chi connectivity index (χ0v) is 29.7. The number of halogens is 1. The first-order valence-electron chi connectivity index (χ1n) is 17.7. The van der Waals surface area contributed by atoms with Gasteiger partial charge in [-0.15, -0.1) is 0 Å². The minimum absolute atomic E-state index is 0. The number of aromatic nitrogens is 1. The van der Waals surface area contributed by atoms with Gasteiger partial charge in [0.15, 0.2) is 12.4 Å². The minimum atomic E-state index is -0.612. The van der Waals surface area contributed by atoms with Crippen LogP contribution in [-0.4, -0.2) is 37.0 Å². The van der Waals surface area contributed by atoms with E-state index in [1.54, 1.807) is 6.92 Å². The second-order valence-corrected chi connectivity index (χ2v) is 12.0. The molecule has 1 rings (SSSR count). The van der Waals surface area contributed by atoms with Gasteiger partial charge in [0.05, 0.1) is 6.61 Å². The van der Waals surface area contributed by atoms with Crippen molar-refractivity contribution in [2.45, 2.75) is 168 Å². The lowest BCUT2D eigenvalue weighted by Gasteiger charge is -2.17. The van der Waals surface area contributed by atoms with Crippen LogP contribution in [0, 0.1) is 0 Å². The van der Waals surface area contributed by atoms with E-state index in [4.69, 9.17) is 4.74 Å². The first-order chi connectivity index (χ1) is 21.1. The van der Waals surface area contributed by atoms with E-state index in [1.807, 2.05) is 6.07 Å². The summed E-state index contributed by atoms with van der Waals surface area (Å²) in [6.45, 7) is 6.00. The van der Waals surface area contributed by atoms with E-state index < -0.39 is 6.04 Å². The summed E-state index contributed by atoms with van der Waals surface area (Å²) >= 11 is 0. The SMILES string of the molecule is CCCCCCCCCCCC(=O)NCCCC[C@H](NC(=O)CCCCCCCCCC[n+]1ccccc1)C(=O)OCC.[Br-]. The van der Waals surface area contributed by atoms with Gasteiger partial charge in [-0.3, -0.25) is 9.59 Å². The van der Waals surface area contributed by atoms with Gasteiger partial charge in [-0.05, 0) is 45.4 Å². The highest BCUT2D eigenvalue weighted by Crippen LogP contribution is 2.12. The van der Waals surface area contributed by atoms with Crippen molar-refractivity contribution in [3.8, 4) is 0 Å². The predicted octanol–water partition coefficient (Wildman–Crippen LogP) is 4.74. The Morgan fingerprint density at radius 1 is 0.636 bits per heavy atom. The summed E-state index contributed by atoms with van der Waals surface area (Å²) in [7, 11) is 0. The second-order valence-electron chi connectivity index (χ2n) is 12.0. The third-order valence-corrected chi connectivity index (χ3v) is 8.00. The van der Waals surface area contributed by atoms with Crippen LogP contribution < -0.4 is 32.2 Å². The summed E-state index contributed by atoms with van der Waals surface area (Å²) in [6, 6.07) is 5.57. The van der Waals surface area contributed by atoms with E-state index in [-0.39, 0.29) is 34.8 Å². The molecule has 0 unspecified atom stereocenters. The Kier molecular flexibility index (Phi) is 29.7. The van der Waals surface area contributed by atoms with Crippen molar-refractivity contribution in [3.63, 3.8) is 0 Å². The molecule has 2 N–H and O–H groups in total. The van der Waals surface area contributed by atoms with E-state index in [2.05, 4.69) is 46.7 Å². The third kappa shape index (κ3) is 25.4. The van der Waals surface area contributed by atoms with Crippen molar-refractivity contribution in [1.29, 1.82) is 0 Å². The Bertz CT molecular complexity index is 825. The van der Waals surface area contributed by atoms with E-state index in [0.717, 1.165) is 51.5 Å². The second kappa shape index (κ2) is 31.0. The number of rotatable bonds is 29. The van der Waals surface area contributed by atoms with Gasteiger partial charge in [0, 0.05) is 37.9 Å². The van der Waals surface area contributed by atoms with Crippen LogP contribution in [0.25, 0.3) is 0 Å². The summed E-state index contributed by atoms with van der Waals surface area (Å²) in [4.78, 5) is 37.0. The summed E-state index contributed by atoms with van der Waals surface area (Å²) in [5, 5.41) is 5.89. The molecule has 0 aliphatic carbocycles. The largest absolute Gasteiger partial charge is 1.00 e. The summed E-state index contributed by atoms with van der Waals surface area (Å²) in [6.07, 6.45) is 27.7. The van der Waals surface area contributed by atoms with Crippen LogP contribution in [0.4, 0.5) is 0 Å². The highest BCUT2D eigenvalue weighted by molar-refractivity contribution is 5.84. The number of amides is 2. The Morgan fingerprint density at radius 2 is 1.16 bits per heavy atom. The number of esters is 1. The Labute approximate surface area is 279 Å². The summed E-state index contributed by atoms with van der Waals surface area (Å²) in [5.74, 6) is -0.331. The molecule has 0 bridgehead atoms. The van der Waals surface area contributed by atoms with Crippen LogP contribution in [0.2, 0.25) is 0 Å². The van der Waals surface area contributed by atoms with Crippen molar-refractivity contribution >= 4 is 17.8 Å². The summed E-state index contributed by atoms with van der Waals surface area (Å²) in [5.41, 5.74) is 0. The fourth-order valence-electron chi connectivity index (χ4n) is 5.37. The normalized spacial score (nSPS) is 11.4. The fraction of sp³-hybridized carbons (Fsp3) is 0.778. The van der Waals surface area contributed by atoms with Gasteiger partial charge >= 0.3 is 5.97 Å².